The first-order valence-electron chi connectivity index (χ1n) is 7.89. The van der Waals surface area contributed by atoms with Crippen molar-refractivity contribution in [3.8, 4) is 5.75 Å². The molecule has 0 amide bonds. The van der Waals surface area contributed by atoms with E-state index in [0.717, 1.165) is 0 Å². The van der Waals surface area contributed by atoms with Gasteiger partial charge in [-0.05, 0) is 37.1 Å². The van der Waals surface area contributed by atoms with E-state index in [1.807, 2.05) is 0 Å². The van der Waals surface area contributed by atoms with E-state index in [2.05, 4.69) is 9.46 Å². The predicted octanol–water partition coefficient (Wildman–Crippen LogP) is 0.445. The Balaban J connectivity index is 2.04. The third-order valence-electron chi connectivity index (χ3n) is 4.09. The van der Waals surface area contributed by atoms with Crippen LogP contribution in [0.15, 0.2) is 29.2 Å². The van der Waals surface area contributed by atoms with Gasteiger partial charge < -0.3 is 19.3 Å². The van der Waals surface area contributed by atoms with Crippen LogP contribution >= 0.6 is 0 Å². The Morgan fingerprint density at radius 1 is 1.28 bits per heavy atom. The molecule has 3 atom stereocenters. The number of methoxy groups -OCH3 is 2. The van der Waals surface area contributed by atoms with Crippen LogP contribution in [0.3, 0.4) is 0 Å². The van der Waals surface area contributed by atoms with Crippen molar-refractivity contribution in [2.75, 3.05) is 20.8 Å². The SMILES string of the molecule is COC(=O)C[C@H]1CC[C@@H](NS(=O)(=O)c2ccc(OC)cc2)[C@@H](CO)O1. The Bertz CT molecular complexity index is 674. The summed E-state index contributed by atoms with van der Waals surface area (Å²) in [6, 6.07) is 5.42. The van der Waals surface area contributed by atoms with Crippen molar-refractivity contribution in [2.45, 2.75) is 42.4 Å². The third-order valence-corrected chi connectivity index (χ3v) is 5.60. The van der Waals surface area contributed by atoms with Crippen LogP contribution in [0, 0.1) is 0 Å². The minimum Gasteiger partial charge on any atom is -0.497 e. The molecule has 0 aromatic heterocycles. The van der Waals surface area contributed by atoms with Gasteiger partial charge in [0.1, 0.15) is 5.75 Å². The largest absolute Gasteiger partial charge is 0.497 e. The van der Waals surface area contributed by atoms with E-state index in [1.54, 1.807) is 12.1 Å². The summed E-state index contributed by atoms with van der Waals surface area (Å²) in [5.74, 6) is 0.151. The van der Waals surface area contributed by atoms with Crippen LogP contribution < -0.4 is 9.46 Å². The average Bonchev–Trinajstić information content (AvgIpc) is 2.62. The Kier molecular flexibility index (Phi) is 6.77. The molecule has 1 aliphatic rings. The number of carbonyl (C=O) groups is 1. The minimum atomic E-state index is -3.76. The fraction of sp³-hybridized carbons (Fsp3) is 0.562. The molecule has 25 heavy (non-hydrogen) atoms. The van der Waals surface area contributed by atoms with E-state index in [-0.39, 0.29) is 17.9 Å². The first kappa shape index (κ1) is 19.6. The van der Waals surface area contributed by atoms with Crippen molar-refractivity contribution in [1.29, 1.82) is 0 Å². The zero-order chi connectivity index (χ0) is 18.4. The number of aliphatic hydroxyl groups is 1. The first-order valence-corrected chi connectivity index (χ1v) is 9.37. The molecule has 1 aliphatic heterocycles. The summed E-state index contributed by atoms with van der Waals surface area (Å²) in [7, 11) is -0.972. The number of rotatable bonds is 7. The number of sulfonamides is 1. The maximum atomic E-state index is 12.5. The maximum absolute atomic E-state index is 12.5. The highest BCUT2D eigenvalue weighted by molar-refractivity contribution is 7.89. The Labute approximate surface area is 147 Å². The first-order chi connectivity index (χ1) is 11.9. The van der Waals surface area contributed by atoms with Gasteiger partial charge in [0, 0.05) is 0 Å². The topological polar surface area (TPSA) is 111 Å². The quantitative estimate of drug-likeness (QED) is 0.667. The van der Waals surface area contributed by atoms with Crippen molar-refractivity contribution in [1.82, 2.24) is 4.72 Å². The molecule has 1 fully saturated rings. The lowest BCUT2D eigenvalue weighted by atomic mass is 9.98. The molecule has 0 unspecified atom stereocenters. The maximum Gasteiger partial charge on any atom is 0.308 e. The van der Waals surface area contributed by atoms with Crippen molar-refractivity contribution in [3.63, 3.8) is 0 Å². The molecule has 9 heteroatoms. The summed E-state index contributed by atoms with van der Waals surface area (Å²) in [5, 5.41) is 9.51. The van der Waals surface area contributed by atoms with E-state index in [9.17, 15) is 18.3 Å². The zero-order valence-corrected chi connectivity index (χ0v) is 15.0. The fourth-order valence-electron chi connectivity index (χ4n) is 2.71. The van der Waals surface area contributed by atoms with E-state index in [0.29, 0.717) is 18.6 Å². The van der Waals surface area contributed by atoms with E-state index < -0.39 is 34.2 Å². The molecule has 0 radical (unpaired) electrons. The number of benzene rings is 1. The standard InChI is InChI=1S/C16H23NO7S/c1-22-11-3-6-13(7-4-11)25(20,21)17-14-8-5-12(9-16(19)23-2)24-15(14)10-18/h3-4,6-7,12,14-15,17-18H,5,8-10H2,1-2H3/t12-,14-,15-/m1/s1. The van der Waals surface area contributed by atoms with Gasteiger partial charge >= 0.3 is 5.97 Å². The van der Waals surface area contributed by atoms with E-state index in [1.165, 1.54) is 26.4 Å². The molecule has 140 valence electrons. The molecular formula is C16H23NO7S. The van der Waals surface area contributed by atoms with Gasteiger partial charge in [0.25, 0.3) is 0 Å². The van der Waals surface area contributed by atoms with Crippen LogP contribution in [0.25, 0.3) is 0 Å². The normalized spacial score (nSPS) is 23.9. The lowest BCUT2D eigenvalue weighted by Crippen LogP contribution is -2.51. The van der Waals surface area contributed by atoms with Crippen LogP contribution in [-0.2, 0) is 24.3 Å². The Hall–Kier alpha value is -1.68. The Morgan fingerprint density at radius 3 is 2.52 bits per heavy atom. The number of hydrogen-bond acceptors (Lipinski definition) is 7. The summed E-state index contributed by atoms with van der Waals surface area (Å²) in [6.07, 6.45) is -0.114. The molecule has 0 aliphatic carbocycles. The summed E-state index contributed by atoms with van der Waals surface area (Å²) in [4.78, 5) is 11.4. The van der Waals surface area contributed by atoms with Gasteiger partial charge in [-0.2, -0.15) is 0 Å². The van der Waals surface area contributed by atoms with Crippen LogP contribution in [0.2, 0.25) is 0 Å². The smallest absolute Gasteiger partial charge is 0.308 e. The highest BCUT2D eigenvalue weighted by Crippen LogP contribution is 2.24. The van der Waals surface area contributed by atoms with Crippen LogP contribution in [0.1, 0.15) is 19.3 Å². The molecule has 1 saturated heterocycles. The lowest BCUT2D eigenvalue weighted by molar-refractivity contribution is -0.149. The number of nitrogens with one attached hydrogen (secondary N) is 1. The minimum absolute atomic E-state index is 0.0744. The van der Waals surface area contributed by atoms with Crippen molar-refractivity contribution < 1.29 is 32.5 Å². The van der Waals surface area contributed by atoms with Gasteiger partial charge in [-0.25, -0.2) is 13.1 Å². The fourth-order valence-corrected chi connectivity index (χ4v) is 4.01. The molecule has 0 saturated carbocycles. The third kappa shape index (κ3) is 5.15. The molecule has 8 nitrogen and oxygen atoms in total. The second-order valence-corrected chi connectivity index (χ2v) is 7.45. The molecular weight excluding hydrogens is 350 g/mol. The number of hydrogen-bond donors (Lipinski definition) is 2. The summed E-state index contributed by atoms with van der Waals surface area (Å²) < 4.78 is 42.8. The predicted molar refractivity (Wildman–Crippen MR) is 88.7 cm³/mol. The van der Waals surface area contributed by atoms with E-state index >= 15 is 0 Å². The number of carbonyl (C=O) groups excluding carboxylic acids is 1. The van der Waals surface area contributed by atoms with Crippen LogP contribution in [-0.4, -0.2) is 58.6 Å². The van der Waals surface area contributed by atoms with Gasteiger partial charge in [-0.15, -0.1) is 0 Å². The van der Waals surface area contributed by atoms with Crippen molar-refractivity contribution in [3.05, 3.63) is 24.3 Å². The molecule has 2 N–H and O–H groups in total. The zero-order valence-electron chi connectivity index (χ0n) is 14.2. The monoisotopic (exact) mass is 373 g/mol. The van der Waals surface area contributed by atoms with Gasteiger partial charge in [0.15, 0.2) is 0 Å². The second kappa shape index (κ2) is 8.61. The number of aliphatic hydroxyl groups excluding tert-OH is 1. The highest BCUT2D eigenvalue weighted by Gasteiger charge is 2.34. The van der Waals surface area contributed by atoms with E-state index in [4.69, 9.17) is 9.47 Å². The molecule has 0 bridgehead atoms. The van der Waals surface area contributed by atoms with Crippen LogP contribution in [0.5, 0.6) is 5.75 Å². The van der Waals surface area contributed by atoms with Gasteiger partial charge in [-0.1, -0.05) is 0 Å². The highest BCUT2D eigenvalue weighted by atomic mass is 32.2. The molecule has 0 spiro atoms. The molecule has 1 aromatic rings. The van der Waals surface area contributed by atoms with Crippen LogP contribution in [0.4, 0.5) is 0 Å². The number of ether oxygens (including phenoxy) is 3. The summed E-state index contributed by atoms with van der Waals surface area (Å²) >= 11 is 0. The second-order valence-electron chi connectivity index (χ2n) is 5.74. The summed E-state index contributed by atoms with van der Waals surface area (Å²) in [6.45, 7) is -0.354. The van der Waals surface area contributed by atoms with Gasteiger partial charge in [0.05, 0.1) is 50.4 Å². The van der Waals surface area contributed by atoms with Gasteiger partial charge in [-0.3, -0.25) is 4.79 Å². The van der Waals surface area contributed by atoms with Gasteiger partial charge in [0.2, 0.25) is 10.0 Å². The van der Waals surface area contributed by atoms with Crippen molar-refractivity contribution >= 4 is 16.0 Å². The molecule has 1 heterocycles. The van der Waals surface area contributed by atoms with Crippen molar-refractivity contribution in [2.24, 2.45) is 0 Å². The lowest BCUT2D eigenvalue weighted by Gasteiger charge is -2.35. The average molecular weight is 373 g/mol. The molecule has 1 aromatic carbocycles. The number of esters is 1. The Morgan fingerprint density at radius 2 is 1.96 bits per heavy atom. The molecule has 2 rings (SSSR count). The summed E-state index contributed by atoms with van der Waals surface area (Å²) in [5.41, 5.74) is 0.